The van der Waals surface area contributed by atoms with Crippen molar-refractivity contribution in [2.75, 3.05) is 20.3 Å². The number of ether oxygens (including phenoxy) is 3. The van der Waals surface area contributed by atoms with Gasteiger partial charge in [-0.3, -0.25) is 0 Å². The van der Waals surface area contributed by atoms with E-state index in [0.717, 1.165) is 15.9 Å². The second kappa shape index (κ2) is 8.65. The van der Waals surface area contributed by atoms with Crippen LogP contribution in [0.5, 0.6) is 0 Å². The first-order chi connectivity index (χ1) is 9.15. The minimum absolute atomic E-state index is 0.157. The van der Waals surface area contributed by atoms with Crippen LogP contribution in [0.1, 0.15) is 10.4 Å². The van der Waals surface area contributed by atoms with Crippen molar-refractivity contribution < 1.29 is 23.8 Å². The molecule has 1 aromatic carbocycles. The number of halogens is 1. The standard InChI is InChI=1S/C13H13IO5/c1-17-8-9-18-12(15)6-7-19-13(16)10-4-2-3-5-11(10)14/h2-7H,8-9H2,1H3/b7-6+. The van der Waals surface area contributed by atoms with Gasteiger partial charge in [-0.25, -0.2) is 9.59 Å². The van der Waals surface area contributed by atoms with Crippen LogP contribution >= 0.6 is 22.6 Å². The molecule has 0 aliphatic rings. The zero-order valence-electron chi connectivity index (χ0n) is 10.3. The van der Waals surface area contributed by atoms with Gasteiger partial charge in [0.1, 0.15) is 12.9 Å². The Bertz CT molecular complexity index is 470. The highest BCUT2D eigenvalue weighted by atomic mass is 127. The van der Waals surface area contributed by atoms with Gasteiger partial charge in [0.05, 0.1) is 18.2 Å². The maximum Gasteiger partial charge on any atom is 0.344 e. The molecule has 0 atom stereocenters. The third kappa shape index (κ3) is 5.84. The summed E-state index contributed by atoms with van der Waals surface area (Å²) in [5.74, 6) is -1.11. The molecule has 0 spiro atoms. The van der Waals surface area contributed by atoms with Crippen molar-refractivity contribution in [3.05, 3.63) is 45.7 Å². The van der Waals surface area contributed by atoms with Gasteiger partial charge in [-0.15, -0.1) is 0 Å². The summed E-state index contributed by atoms with van der Waals surface area (Å²) < 4.78 is 15.1. The first-order valence-corrected chi connectivity index (χ1v) is 6.50. The van der Waals surface area contributed by atoms with E-state index in [9.17, 15) is 9.59 Å². The molecule has 19 heavy (non-hydrogen) atoms. The Labute approximate surface area is 124 Å². The molecule has 6 heteroatoms. The lowest BCUT2D eigenvalue weighted by molar-refractivity contribution is -0.139. The van der Waals surface area contributed by atoms with E-state index in [4.69, 9.17) is 14.2 Å². The van der Waals surface area contributed by atoms with E-state index in [1.807, 2.05) is 28.7 Å². The Morgan fingerprint density at radius 2 is 2.00 bits per heavy atom. The van der Waals surface area contributed by atoms with Gasteiger partial charge in [0.15, 0.2) is 0 Å². The van der Waals surface area contributed by atoms with Gasteiger partial charge in [0, 0.05) is 10.7 Å². The molecule has 0 saturated carbocycles. The topological polar surface area (TPSA) is 61.8 Å². The van der Waals surface area contributed by atoms with Crippen molar-refractivity contribution in [3.63, 3.8) is 0 Å². The average molecular weight is 376 g/mol. The van der Waals surface area contributed by atoms with E-state index in [2.05, 4.69) is 0 Å². The Morgan fingerprint density at radius 1 is 1.26 bits per heavy atom. The van der Waals surface area contributed by atoms with E-state index in [-0.39, 0.29) is 6.61 Å². The molecule has 0 fully saturated rings. The quantitative estimate of drug-likeness (QED) is 0.250. The van der Waals surface area contributed by atoms with Crippen LogP contribution in [0.15, 0.2) is 36.6 Å². The van der Waals surface area contributed by atoms with Crippen LogP contribution in [0, 0.1) is 3.57 Å². The molecule has 0 unspecified atom stereocenters. The Morgan fingerprint density at radius 3 is 2.68 bits per heavy atom. The van der Waals surface area contributed by atoms with Crippen molar-refractivity contribution in [3.8, 4) is 0 Å². The van der Waals surface area contributed by atoms with E-state index < -0.39 is 11.9 Å². The Kier molecular flexibility index (Phi) is 7.12. The van der Waals surface area contributed by atoms with Crippen molar-refractivity contribution in [2.24, 2.45) is 0 Å². The third-order valence-corrected chi connectivity index (χ3v) is 2.95. The van der Waals surface area contributed by atoms with E-state index >= 15 is 0 Å². The molecule has 1 aromatic rings. The number of esters is 2. The summed E-state index contributed by atoms with van der Waals surface area (Å²) in [4.78, 5) is 22.8. The highest BCUT2D eigenvalue weighted by Gasteiger charge is 2.09. The second-order valence-electron chi connectivity index (χ2n) is 3.35. The lowest BCUT2D eigenvalue weighted by Gasteiger charge is -2.02. The minimum Gasteiger partial charge on any atom is -0.460 e. The molecule has 5 nitrogen and oxygen atoms in total. The van der Waals surface area contributed by atoms with Gasteiger partial charge in [-0.05, 0) is 34.7 Å². The average Bonchev–Trinajstić information content (AvgIpc) is 2.39. The monoisotopic (exact) mass is 376 g/mol. The molecule has 1 rings (SSSR count). The van der Waals surface area contributed by atoms with Gasteiger partial charge in [0.25, 0.3) is 0 Å². The number of carbonyl (C=O) groups excluding carboxylic acids is 2. The molecule has 0 aliphatic heterocycles. The Hall–Kier alpha value is -1.41. The molecular weight excluding hydrogens is 363 g/mol. The molecule has 0 aromatic heterocycles. The van der Waals surface area contributed by atoms with E-state index in [0.29, 0.717) is 12.2 Å². The SMILES string of the molecule is COCCOC(=O)/C=C/OC(=O)c1ccccc1I. The lowest BCUT2D eigenvalue weighted by atomic mass is 10.2. The minimum atomic E-state index is -0.590. The molecule has 0 radical (unpaired) electrons. The van der Waals surface area contributed by atoms with Crippen molar-refractivity contribution in [1.82, 2.24) is 0 Å². The number of benzene rings is 1. The summed E-state index contributed by atoms with van der Waals surface area (Å²) in [7, 11) is 1.51. The fraction of sp³-hybridized carbons (Fsp3) is 0.231. The smallest absolute Gasteiger partial charge is 0.344 e. The van der Waals surface area contributed by atoms with Crippen LogP contribution in [-0.2, 0) is 19.0 Å². The van der Waals surface area contributed by atoms with Crippen LogP contribution in [0.3, 0.4) is 0 Å². The predicted molar refractivity (Wildman–Crippen MR) is 76.5 cm³/mol. The molecule has 0 N–H and O–H groups in total. The summed E-state index contributed by atoms with van der Waals surface area (Å²) >= 11 is 2.03. The zero-order chi connectivity index (χ0) is 14.1. The van der Waals surface area contributed by atoms with Gasteiger partial charge in [0.2, 0.25) is 0 Å². The van der Waals surface area contributed by atoms with Crippen LogP contribution in [-0.4, -0.2) is 32.3 Å². The number of rotatable bonds is 6. The van der Waals surface area contributed by atoms with Crippen LogP contribution in [0.25, 0.3) is 0 Å². The number of hydrogen-bond acceptors (Lipinski definition) is 5. The van der Waals surface area contributed by atoms with Gasteiger partial charge >= 0.3 is 11.9 Å². The number of methoxy groups -OCH3 is 1. The summed E-state index contributed by atoms with van der Waals surface area (Å²) in [5, 5.41) is 0. The fourth-order valence-corrected chi connectivity index (χ4v) is 1.72. The van der Waals surface area contributed by atoms with Crippen LogP contribution in [0.4, 0.5) is 0 Å². The highest BCUT2D eigenvalue weighted by molar-refractivity contribution is 14.1. The van der Waals surface area contributed by atoms with Crippen molar-refractivity contribution in [2.45, 2.75) is 0 Å². The van der Waals surface area contributed by atoms with Crippen molar-refractivity contribution >= 4 is 34.5 Å². The maximum absolute atomic E-state index is 11.7. The summed E-state index contributed by atoms with van der Waals surface area (Å²) in [5.41, 5.74) is 0.445. The molecule has 0 amide bonds. The van der Waals surface area contributed by atoms with E-state index in [1.54, 1.807) is 18.2 Å². The first-order valence-electron chi connectivity index (χ1n) is 5.43. The zero-order valence-corrected chi connectivity index (χ0v) is 12.5. The van der Waals surface area contributed by atoms with Crippen molar-refractivity contribution in [1.29, 1.82) is 0 Å². The Balaban J connectivity index is 2.42. The van der Waals surface area contributed by atoms with Gasteiger partial charge in [-0.1, -0.05) is 12.1 Å². The summed E-state index contributed by atoms with van der Waals surface area (Å²) in [6.07, 6.45) is 2.06. The molecule has 0 aliphatic carbocycles. The maximum atomic E-state index is 11.7. The predicted octanol–water partition coefficient (Wildman–Crippen LogP) is 2.15. The molecular formula is C13H13IO5. The summed E-state index contributed by atoms with van der Waals surface area (Å²) in [6.45, 7) is 0.478. The molecule has 102 valence electrons. The van der Waals surface area contributed by atoms with Crippen LogP contribution < -0.4 is 0 Å². The molecule has 0 heterocycles. The molecule has 0 bridgehead atoms. The summed E-state index contributed by atoms with van der Waals surface area (Å²) in [6, 6.07) is 7.00. The van der Waals surface area contributed by atoms with Gasteiger partial charge in [-0.2, -0.15) is 0 Å². The van der Waals surface area contributed by atoms with Gasteiger partial charge < -0.3 is 14.2 Å². The first kappa shape index (κ1) is 15.6. The van der Waals surface area contributed by atoms with E-state index in [1.165, 1.54) is 7.11 Å². The van der Waals surface area contributed by atoms with Crippen LogP contribution in [0.2, 0.25) is 0 Å². The lowest BCUT2D eigenvalue weighted by Crippen LogP contribution is -2.08. The normalized spacial score (nSPS) is 10.4. The number of carbonyl (C=O) groups is 2. The largest absolute Gasteiger partial charge is 0.460 e. The second-order valence-corrected chi connectivity index (χ2v) is 4.51. The highest BCUT2D eigenvalue weighted by Crippen LogP contribution is 2.12. The molecule has 0 saturated heterocycles. The fourth-order valence-electron chi connectivity index (χ4n) is 1.12. The number of hydrogen-bond donors (Lipinski definition) is 0. The third-order valence-electron chi connectivity index (χ3n) is 2.00.